The Hall–Kier alpha value is -3.66. The Bertz CT molecular complexity index is 945. The van der Waals surface area contributed by atoms with E-state index in [0.29, 0.717) is 22.6 Å². The van der Waals surface area contributed by atoms with Crippen molar-refractivity contribution in [2.45, 2.75) is 18.9 Å². The fourth-order valence-electron chi connectivity index (χ4n) is 2.79. The van der Waals surface area contributed by atoms with Crippen LogP contribution in [0.4, 0.5) is 22.7 Å². The average molecular weight is 413 g/mol. The molecule has 2 amide bonds. The second-order valence-electron chi connectivity index (χ2n) is 6.83. The topological polar surface area (TPSA) is 146 Å². The van der Waals surface area contributed by atoms with Gasteiger partial charge in [0.1, 0.15) is 0 Å². The summed E-state index contributed by atoms with van der Waals surface area (Å²) in [7, 11) is 0. The standard InChI is InChI=1S/C20H23N5O5/c26-10-9-21-17-8-7-14(25(29)30)11-18(17)22-12-19(27)24-16-4-2-1-3-15(16)20(28)23-13-5-6-13/h1-4,7-8,11,13,21-22,26H,5-6,9-10,12H2,(H,23,28)(H,24,27). The van der Waals surface area contributed by atoms with Gasteiger partial charge in [0, 0.05) is 24.7 Å². The van der Waals surface area contributed by atoms with Crippen LogP contribution in [0.2, 0.25) is 0 Å². The van der Waals surface area contributed by atoms with Gasteiger partial charge >= 0.3 is 0 Å². The molecule has 1 aliphatic carbocycles. The second kappa shape index (κ2) is 9.70. The van der Waals surface area contributed by atoms with Crippen LogP contribution in [-0.4, -0.2) is 47.6 Å². The summed E-state index contributed by atoms with van der Waals surface area (Å²) in [5.74, 6) is -0.656. The first-order valence-corrected chi connectivity index (χ1v) is 9.54. The van der Waals surface area contributed by atoms with E-state index in [1.165, 1.54) is 18.2 Å². The average Bonchev–Trinajstić information content (AvgIpc) is 3.55. The molecule has 1 saturated carbocycles. The van der Waals surface area contributed by atoms with Crippen molar-refractivity contribution in [1.29, 1.82) is 0 Å². The number of benzene rings is 2. The number of nitro groups is 1. The molecule has 30 heavy (non-hydrogen) atoms. The van der Waals surface area contributed by atoms with Crippen LogP contribution in [0.1, 0.15) is 23.2 Å². The van der Waals surface area contributed by atoms with Crippen LogP contribution in [0.15, 0.2) is 42.5 Å². The predicted molar refractivity (Wildman–Crippen MR) is 113 cm³/mol. The van der Waals surface area contributed by atoms with E-state index in [0.717, 1.165) is 12.8 Å². The minimum absolute atomic E-state index is 0.114. The summed E-state index contributed by atoms with van der Waals surface area (Å²) in [5, 5.41) is 31.4. The van der Waals surface area contributed by atoms with Crippen LogP contribution < -0.4 is 21.3 Å². The Morgan fingerprint density at radius 3 is 2.53 bits per heavy atom. The molecule has 0 bridgehead atoms. The maximum absolute atomic E-state index is 12.4. The molecule has 3 rings (SSSR count). The maximum atomic E-state index is 12.4. The monoisotopic (exact) mass is 413 g/mol. The number of rotatable bonds is 10. The van der Waals surface area contributed by atoms with E-state index >= 15 is 0 Å². The van der Waals surface area contributed by atoms with Gasteiger partial charge in [0.15, 0.2) is 0 Å². The highest BCUT2D eigenvalue weighted by Gasteiger charge is 2.25. The van der Waals surface area contributed by atoms with Gasteiger partial charge in [0.05, 0.1) is 40.7 Å². The number of amides is 2. The molecule has 0 saturated heterocycles. The number of carbonyl (C=O) groups is 2. The van der Waals surface area contributed by atoms with Gasteiger partial charge in [-0.3, -0.25) is 19.7 Å². The SMILES string of the molecule is O=C(CNc1cc([N+](=O)[O-])ccc1NCCO)Nc1ccccc1C(=O)NC1CC1. The lowest BCUT2D eigenvalue weighted by Gasteiger charge is -2.14. The molecule has 2 aromatic carbocycles. The largest absolute Gasteiger partial charge is 0.395 e. The van der Waals surface area contributed by atoms with E-state index in [2.05, 4.69) is 21.3 Å². The van der Waals surface area contributed by atoms with Gasteiger partial charge in [-0.05, 0) is 31.0 Å². The Kier molecular flexibility index (Phi) is 6.81. The first kappa shape index (κ1) is 21.1. The lowest BCUT2D eigenvalue weighted by atomic mass is 10.1. The van der Waals surface area contributed by atoms with Crippen molar-refractivity contribution in [3.63, 3.8) is 0 Å². The highest BCUT2D eigenvalue weighted by atomic mass is 16.6. The third-order valence-electron chi connectivity index (χ3n) is 4.44. The van der Waals surface area contributed by atoms with Gasteiger partial charge in [-0.25, -0.2) is 0 Å². The second-order valence-corrected chi connectivity index (χ2v) is 6.83. The zero-order valence-electron chi connectivity index (χ0n) is 16.2. The summed E-state index contributed by atoms with van der Waals surface area (Å²) in [6.07, 6.45) is 1.92. The van der Waals surface area contributed by atoms with Gasteiger partial charge in [0.2, 0.25) is 5.91 Å². The van der Waals surface area contributed by atoms with Crippen molar-refractivity contribution < 1.29 is 19.6 Å². The molecular formula is C20H23N5O5. The van der Waals surface area contributed by atoms with E-state index in [1.54, 1.807) is 24.3 Å². The Balaban J connectivity index is 1.66. The van der Waals surface area contributed by atoms with Crippen molar-refractivity contribution >= 4 is 34.6 Å². The molecule has 10 heteroatoms. The molecule has 0 atom stereocenters. The van der Waals surface area contributed by atoms with E-state index in [9.17, 15) is 19.7 Å². The van der Waals surface area contributed by atoms with E-state index in [4.69, 9.17) is 5.11 Å². The van der Waals surface area contributed by atoms with E-state index < -0.39 is 10.8 Å². The summed E-state index contributed by atoms with van der Waals surface area (Å²) < 4.78 is 0. The third-order valence-corrected chi connectivity index (χ3v) is 4.44. The number of nitrogens with zero attached hydrogens (tertiary/aromatic N) is 1. The molecular weight excluding hydrogens is 390 g/mol. The molecule has 1 aliphatic rings. The first-order chi connectivity index (χ1) is 14.5. The minimum atomic E-state index is -0.532. The number of non-ortho nitro benzene ring substituents is 1. The highest BCUT2D eigenvalue weighted by molar-refractivity contribution is 6.04. The summed E-state index contributed by atoms with van der Waals surface area (Å²) in [4.78, 5) is 35.3. The molecule has 2 aromatic rings. The van der Waals surface area contributed by atoms with Gasteiger partial charge in [-0.1, -0.05) is 12.1 Å². The van der Waals surface area contributed by atoms with Crippen molar-refractivity contribution in [3.05, 3.63) is 58.1 Å². The summed E-state index contributed by atoms with van der Waals surface area (Å²) >= 11 is 0. The van der Waals surface area contributed by atoms with Crippen molar-refractivity contribution in [2.24, 2.45) is 0 Å². The smallest absolute Gasteiger partial charge is 0.271 e. The number of para-hydroxylation sites is 1. The number of hydrogen-bond acceptors (Lipinski definition) is 7. The van der Waals surface area contributed by atoms with Crippen LogP contribution >= 0.6 is 0 Å². The molecule has 5 N–H and O–H groups in total. The van der Waals surface area contributed by atoms with Gasteiger partial charge in [-0.15, -0.1) is 0 Å². The van der Waals surface area contributed by atoms with Crippen LogP contribution in [0, 0.1) is 10.1 Å². The van der Waals surface area contributed by atoms with Crippen LogP contribution in [-0.2, 0) is 4.79 Å². The van der Waals surface area contributed by atoms with Gasteiger partial charge in [-0.2, -0.15) is 0 Å². The van der Waals surface area contributed by atoms with Crippen LogP contribution in [0.5, 0.6) is 0 Å². The molecule has 0 radical (unpaired) electrons. The predicted octanol–water partition coefficient (Wildman–Crippen LogP) is 1.94. The molecule has 0 unspecified atom stereocenters. The minimum Gasteiger partial charge on any atom is -0.395 e. The first-order valence-electron chi connectivity index (χ1n) is 9.54. The molecule has 0 spiro atoms. The van der Waals surface area contributed by atoms with Crippen LogP contribution in [0.3, 0.4) is 0 Å². The zero-order chi connectivity index (χ0) is 21.5. The number of nitro benzene ring substituents is 1. The lowest BCUT2D eigenvalue weighted by Crippen LogP contribution is -2.28. The molecule has 0 aliphatic heterocycles. The lowest BCUT2D eigenvalue weighted by molar-refractivity contribution is -0.384. The van der Waals surface area contributed by atoms with E-state index in [-0.39, 0.29) is 37.3 Å². The quantitative estimate of drug-likeness (QED) is 0.295. The van der Waals surface area contributed by atoms with E-state index in [1.807, 2.05) is 0 Å². The summed E-state index contributed by atoms with van der Waals surface area (Å²) in [6, 6.07) is 11.1. The Morgan fingerprint density at radius 2 is 1.83 bits per heavy atom. The van der Waals surface area contributed by atoms with Crippen molar-refractivity contribution in [1.82, 2.24) is 5.32 Å². The maximum Gasteiger partial charge on any atom is 0.271 e. The molecule has 158 valence electrons. The zero-order valence-corrected chi connectivity index (χ0v) is 16.2. The van der Waals surface area contributed by atoms with Crippen molar-refractivity contribution in [3.8, 4) is 0 Å². The van der Waals surface area contributed by atoms with Gasteiger partial charge in [0.25, 0.3) is 11.6 Å². The normalized spacial score (nSPS) is 12.7. The summed E-state index contributed by atoms with van der Waals surface area (Å²) in [5.41, 5.74) is 1.51. The Labute approximate surface area is 172 Å². The fraction of sp³-hybridized carbons (Fsp3) is 0.300. The number of aliphatic hydroxyl groups is 1. The molecule has 0 aromatic heterocycles. The van der Waals surface area contributed by atoms with Gasteiger partial charge < -0.3 is 26.4 Å². The Morgan fingerprint density at radius 1 is 1.07 bits per heavy atom. The fourth-order valence-corrected chi connectivity index (χ4v) is 2.79. The number of aliphatic hydroxyl groups excluding tert-OH is 1. The molecule has 1 fully saturated rings. The molecule has 10 nitrogen and oxygen atoms in total. The third kappa shape index (κ3) is 5.67. The number of anilines is 3. The number of hydrogen-bond donors (Lipinski definition) is 5. The molecule has 0 heterocycles. The summed E-state index contributed by atoms with van der Waals surface area (Å²) in [6.45, 7) is -0.0354. The van der Waals surface area contributed by atoms with Crippen molar-refractivity contribution in [2.75, 3.05) is 35.6 Å². The highest BCUT2D eigenvalue weighted by Crippen LogP contribution is 2.27. The van der Waals surface area contributed by atoms with Crippen LogP contribution in [0.25, 0.3) is 0 Å². The number of nitrogens with one attached hydrogen (secondary N) is 4. The number of carbonyl (C=O) groups excluding carboxylic acids is 2.